The minimum atomic E-state index is 0.296. The Labute approximate surface area is 121 Å². The Balaban J connectivity index is 2.02. The van der Waals surface area contributed by atoms with E-state index in [2.05, 4.69) is 6.07 Å². The smallest absolute Gasteiger partial charge is 0.123 e. The van der Waals surface area contributed by atoms with E-state index in [9.17, 15) is 5.11 Å². The van der Waals surface area contributed by atoms with Crippen LogP contribution in [0.4, 0.5) is 0 Å². The maximum atomic E-state index is 9.88. The average molecular weight is 277 g/mol. The van der Waals surface area contributed by atoms with Crippen LogP contribution in [0.3, 0.4) is 0 Å². The number of phenolic OH excluding ortho intramolecular Hbond substituents is 1. The van der Waals surface area contributed by atoms with Crippen molar-refractivity contribution in [3.05, 3.63) is 66.2 Å². The zero-order chi connectivity index (χ0) is 13.9. The average Bonchev–Trinajstić information content (AvgIpc) is 2.51. The fourth-order valence-corrected chi connectivity index (χ4v) is 3.02. The lowest BCUT2D eigenvalue weighted by Crippen LogP contribution is -1.80. The van der Waals surface area contributed by atoms with Crippen LogP contribution >= 0.6 is 11.8 Å². The molecule has 0 saturated carbocycles. The number of hydrogen-bond donors (Lipinski definition) is 1. The predicted molar refractivity (Wildman–Crippen MR) is 80.9 cm³/mol. The van der Waals surface area contributed by atoms with Crippen molar-refractivity contribution in [3.8, 4) is 11.8 Å². The van der Waals surface area contributed by atoms with Gasteiger partial charge in [-0.1, -0.05) is 36.0 Å². The molecule has 0 spiro atoms. The van der Waals surface area contributed by atoms with Gasteiger partial charge in [0.05, 0.1) is 11.6 Å². The van der Waals surface area contributed by atoms with Gasteiger partial charge >= 0.3 is 0 Å². The molecule has 0 aliphatic heterocycles. The van der Waals surface area contributed by atoms with Crippen LogP contribution in [0.15, 0.2) is 70.5 Å². The molecule has 3 aromatic carbocycles. The monoisotopic (exact) mass is 277 g/mol. The second-order valence-corrected chi connectivity index (χ2v) is 5.48. The van der Waals surface area contributed by atoms with Crippen LogP contribution in [0.5, 0.6) is 5.75 Å². The molecule has 1 N–H and O–H groups in total. The molecule has 0 unspecified atom stereocenters. The van der Waals surface area contributed by atoms with E-state index in [4.69, 9.17) is 5.26 Å². The predicted octanol–water partition coefficient (Wildman–Crippen LogP) is 4.57. The van der Waals surface area contributed by atoms with Gasteiger partial charge in [0.1, 0.15) is 5.75 Å². The Morgan fingerprint density at radius 2 is 1.55 bits per heavy atom. The highest BCUT2D eigenvalue weighted by Gasteiger charge is 2.06. The summed E-state index contributed by atoms with van der Waals surface area (Å²) in [5.41, 5.74) is 0.657. The third kappa shape index (κ3) is 2.34. The van der Waals surface area contributed by atoms with Gasteiger partial charge in [0.2, 0.25) is 0 Å². The number of rotatable bonds is 2. The van der Waals surface area contributed by atoms with Crippen LogP contribution in [0.25, 0.3) is 10.8 Å². The summed E-state index contributed by atoms with van der Waals surface area (Å²) in [5.74, 6) is 0.296. The quantitative estimate of drug-likeness (QED) is 0.746. The van der Waals surface area contributed by atoms with Gasteiger partial charge in [0, 0.05) is 15.2 Å². The molecule has 0 fully saturated rings. The standard InChI is InChI=1S/C17H11NOS/c18-11-12-5-7-13(8-6-12)20-17-10-9-16(19)14-3-1-2-4-15(14)17/h1-10,19H. The summed E-state index contributed by atoms with van der Waals surface area (Å²) >= 11 is 1.62. The molecule has 20 heavy (non-hydrogen) atoms. The van der Waals surface area contributed by atoms with Crippen molar-refractivity contribution in [1.29, 1.82) is 5.26 Å². The molecule has 0 bridgehead atoms. The Kier molecular flexibility index (Phi) is 3.32. The zero-order valence-electron chi connectivity index (χ0n) is 10.6. The number of fused-ring (bicyclic) bond motifs is 1. The number of phenols is 1. The van der Waals surface area contributed by atoms with Gasteiger partial charge < -0.3 is 5.11 Å². The molecule has 0 aliphatic rings. The first kappa shape index (κ1) is 12.6. The maximum Gasteiger partial charge on any atom is 0.123 e. The van der Waals surface area contributed by atoms with Gasteiger partial charge in [-0.25, -0.2) is 0 Å². The lowest BCUT2D eigenvalue weighted by molar-refractivity contribution is 0.481. The lowest BCUT2D eigenvalue weighted by atomic mass is 10.1. The lowest BCUT2D eigenvalue weighted by Gasteiger charge is -2.07. The number of hydrogen-bond acceptors (Lipinski definition) is 3. The van der Waals surface area contributed by atoms with Crippen LogP contribution in [0.1, 0.15) is 5.56 Å². The Morgan fingerprint density at radius 1 is 0.850 bits per heavy atom. The topological polar surface area (TPSA) is 44.0 Å². The molecular formula is C17H11NOS. The zero-order valence-corrected chi connectivity index (χ0v) is 11.4. The van der Waals surface area contributed by atoms with E-state index >= 15 is 0 Å². The van der Waals surface area contributed by atoms with Gasteiger partial charge in [-0.05, 0) is 41.8 Å². The minimum Gasteiger partial charge on any atom is -0.507 e. The first-order valence-electron chi connectivity index (χ1n) is 6.16. The van der Waals surface area contributed by atoms with Crippen LogP contribution in [-0.2, 0) is 0 Å². The van der Waals surface area contributed by atoms with Gasteiger partial charge in [0.15, 0.2) is 0 Å². The van der Waals surface area contributed by atoms with E-state index in [0.717, 1.165) is 20.6 Å². The summed E-state index contributed by atoms with van der Waals surface area (Å²) in [6, 6.07) is 21.0. The third-order valence-corrected chi connectivity index (χ3v) is 4.16. The van der Waals surface area contributed by atoms with Gasteiger partial charge in [-0.15, -0.1) is 0 Å². The molecule has 0 atom stereocenters. The largest absolute Gasteiger partial charge is 0.507 e. The highest BCUT2D eigenvalue weighted by Crippen LogP contribution is 2.36. The normalized spacial score (nSPS) is 10.3. The number of benzene rings is 3. The first-order valence-corrected chi connectivity index (χ1v) is 6.98. The van der Waals surface area contributed by atoms with Crippen molar-refractivity contribution in [3.63, 3.8) is 0 Å². The molecule has 96 valence electrons. The van der Waals surface area contributed by atoms with E-state index in [1.165, 1.54) is 0 Å². The van der Waals surface area contributed by atoms with Crippen LogP contribution in [0, 0.1) is 11.3 Å². The molecule has 0 saturated heterocycles. The molecule has 3 rings (SSSR count). The molecular weight excluding hydrogens is 266 g/mol. The van der Waals surface area contributed by atoms with E-state index in [0.29, 0.717) is 11.3 Å². The molecule has 3 aromatic rings. The van der Waals surface area contributed by atoms with Crippen molar-refractivity contribution < 1.29 is 5.11 Å². The molecule has 0 aliphatic carbocycles. The molecule has 3 heteroatoms. The Morgan fingerprint density at radius 3 is 2.25 bits per heavy atom. The number of nitrogens with zero attached hydrogens (tertiary/aromatic N) is 1. The Hall–Kier alpha value is -2.44. The molecule has 0 heterocycles. The fourth-order valence-electron chi connectivity index (χ4n) is 2.07. The molecule has 0 aromatic heterocycles. The second-order valence-electron chi connectivity index (χ2n) is 4.37. The van der Waals surface area contributed by atoms with Gasteiger partial charge in [-0.3, -0.25) is 0 Å². The number of aromatic hydroxyl groups is 1. The Bertz CT molecular complexity index is 803. The summed E-state index contributed by atoms with van der Waals surface area (Å²) in [4.78, 5) is 2.16. The molecule has 2 nitrogen and oxygen atoms in total. The summed E-state index contributed by atoms with van der Waals surface area (Å²) in [6.07, 6.45) is 0. The molecule has 0 radical (unpaired) electrons. The molecule has 0 amide bonds. The van der Waals surface area contributed by atoms with Gasteiger partial charge in [0.25, 0.3) is 0 Å². The van der Waals surface area contributed by atoms with Crippen LogP contribution in [-0.4, -0.2) is 5.11 Å². The SMILES string of the molecule is N#Cc1ccc(Sc2ccc(O)c3ccccc23)cc1. The summed E-state index contributed by atoms with van der Waals surface area (Å²) in [7, 11) is 0. The van der Waals surface area contributed by atoms with Crippen molar-refractivity contribution in [1.82, 2.24) is 0 Å². The van der Waals surface area contributed by atoms with E-state index in [1.807, 2.05) is 54.6 Å². The van der Waals surface area contributed by atoms with Crippen molar-refractivity contribution >= 4 is 22.5 Å². The summed E-state index contributed by atoms with van der Waals surface area (Å²) in [5, 5.41) is 20.6. The van der Waals surface area contributed by atoms with E-state index in [1.54, 1.807) is 17.8 Å². The van der Waals surface area contributed by atoms with Crippen LogP contribution in [0.2, 0.25) is 0 Å². The maximum absolute atomic E-state index is 9.88. The van der Waals surface area contributed by atoms with Crippen molar-refractivity contribution in [2.24, 2.45) is 0 Å². The van der Waals surface area contributed by atoms with E-state index in [-0.39, 0.29) is 0 Å². The van der Waals surface area contributed by atoms with Crippen LogP contribution < -0.4 is 0 Å². The highest BCUT2D eigenvalue weighted by atomic mass is 32.2. The van der Waals surface area contributed by atoms with Crippen molar-refractivity contribution in [2.45, 2.75) is 9.79 Å². The summed E-state index contributed by atoms with van der Waals surface area (Å²) < 4.78 is 0. The summed E-state index contributed by atoms with van der Waals surface area (Å²) in [6.45, 7) is 0. The van der Waals surface area contributed by atoms with Gasteiger partial charge in [-0.2, -0.15) is 5.26 Å². The fraction of sp³-hybridized carbons (Fsp3) is 0. The highest BCUT2D eigenvalue weighted by molar-refractivity contribution is 7.99. The second kappa shape index (κ2) is 5.28. The number of nitriles is 1. The first-order chi connectivity index (χ1) is 9.78. The van der Waals surface area contributed by atoms with E-state index < -0.39 is 0 Å². The third-order valence-electron chi connectivity index (χ3n) is 3.07. The minimum absolute atomic E-state index is 0.296. The van der Waals surface area contributed by atoms with Crippen molar-refractivity contribution in [2.75, 3.05) is 0 Å².